The first kappa shape index (κ1) is 14.3. The normalized spacial score (nSPS) is 19.4. The molecule has 7 nitrogen and oxygen atoms in total. The van der Waals surface area contributed by atoms with E-state index in [1.165, 1.54) is 5.56 Å². The molecular weight excluding hydrogens is 314 g/mol. The van der Waals surface area contributed by atoms with Crippen LogP contribution in [-0.4, -0.2) is 34.6 Å². The molecule has 0 bridgehead atoms. The average molecular weight is 331 g/mol. The molecule has 1 fully saturated rings. The third-order valence-corrected chi connectivity index (χ3v) is 4.88. The van der Waals surface area contributed by atoms with Gasteiger partial charge in [0.05, 0.1) is 11.4 Å². The largest absolute Gasteiger partial charge is 0.266 e. The van der Waals surface area contributed by atoms with Crippen LogP contribution in [0.3, 0.4) is 0 Å². The third-order valence-electron chi connectivity index (χ3n) is 4.88. The van der Waals surface area contributed by atoms with Crippen molar-refractivity contribution >= 4 is 5.65 Å². The summed E-state index contributed by atoms with van der Waals surface area (Å²) in [5, 5.41) is 17.5. The molecule has 0 aromatic carbocycles. The van der Waals surface area contributed by atoms with Gasteiger partial charge in [-0.05, 0) is 55.2 Å². The lowest BCUT2D eigenvalue weighted by Gasteiger charge is -2.01. The Morgan fingerprint density at radius 1 is 1.00 bits per heavy atom. The van der Waals surface area contributed by atoms with Crippen LogP contribution in [0.2, 0.25) is 0 Å². The van der Waals surface area contributed by atoms with E-state index in [9.17, 15) is 0 Å². The van der Waals surface area contributed by atoms with Crippen molar-refractivity contribution in [1.82, 2.24) is 34.6 Å². The molecule has 0 aliphatic heterocycles. The second-order valence-corrected chi connectivity index (χ2v) is 6.54. The van der Waals surface area contributed by atoms with E-state index < -0.39 is 0 Å². The Hall–Kier alpha value is -3.09. The van der Waals surface area contributed by atoms with E-state index in [2.05, 4.69) is 38.5 Å². The average Bonchev–Trinajstić information content (AvgIpc) is 3.23. The first-order chi connectivity index (χ1) is 12.2. The van der Waals surface area contributed by atoms with Gasteiger partial charge in [0.1, 0.15) is 5.69 Å². The lowest BCUT2D eigenvalue weighted by atomic mass is 10.1. The number of fused-ring (bicyclic) bond motifs is 1. The van der Waals surface area contributed by atoms with E-state index in [0.717, 1.165) is 35.0 Å². The maximum atomic E-state index is 4.74. The molecule has 4 aromatic rings. The van der Waals surface area contributed by atoms with Crippen molar-refractivity contribution in [2.45, 2.75) is 25.2 Å². The number of aryl methyl sites for hydroxylation is 2. The summed E-state index contributed by atoms with van der Waals surface area (Å²) in [6.07, 6.45) is 4.85. The van der Waals surface area contributed by atoms with Crippen LogP contribution >= 0.6 is 0 Å². The quantitative estimate of drug-likeness (QED) is 0.577. The molecule has 1 aliphatic carbocycles. The van der Waals surface area contributed by atoms with E-state index in [-0.39, 0.29) is 0 Å². The molecule has 0 saturated heterocycles. The van der Waals surface area contributed by atoms with Crippen LogP contribution in [0, 0.1) is 6.92 Å². The van der Waals surface area contributed by atoms with Crippen molar-refractivity contribution < 1.29 is 0 Å². The molecule has 1 saturated carbocycles. The molecule has 0 amide bonds. The van der Waals surface area contributed by atoms with Crippen LogP contribution < -0.4 is 0 Å². The zero-order valence-corrected chi connectivity index (χ0v) is 14.0. The molecule has 0 radical (unpaired) electrons. The molecule has 2 unspecified atom stereocenters. The molecule has 0 N–H and O–H groups in total. The highest BCUT2D eigenvalue weighted by molar-refractivity contribution is 5.57. The van der Waals surface area contributed by atoms with Crippen molar-refractivity contribution in [2.75, 3.05) is 0 Å². The van der Waals surface area contributed by atoms with Crippen LogP contribution in [-0.2, 0) is 7.05 Å². The zero-order chi connectivity index (χ0) is 17.0. The van der Waals surface area contributed by atoms with Crippen molar-refractivity contribution in [3.8, 4) is 11.4 Å². The number of hydrogen-bond acceptors (Lipinski definition) is 5. The maximum Gasteiger partial charge on any atom is 0.177 e. The molecule has 4 heterocycles. The second-order valence-electron chi connectivity index (χ2n) is 6.54. The Morgan fingerprint density at radius 3 is 2.68 bits per heavy atom. The second kappa shape index (κ2) is 5.20. The summed E-state index contributed by atoms with van der Waals surface area (Å²) in [5.41, 5.74) is 5.10. The van der Waals surface area contributed by atoms with E-state index in [0.29, 0.717) is 11.8 Å². The minimum absolute atomic E-state index is 0.475. The fourth-order valence-corrected chi connectivity index (χ4v) is 3.44. The summed E-state index contributed by atoms with van der Waals surface area (Å²) >= 11 is 0. The fourth-order valence-electron chi connectivity index (χ4n) is 3.44. The van der Waals surface area contributed by atoms with Gasteiger partial charge in [-0.1, -0.05) is 0 Å². The standard InChI is InChI=1S/C18H17N7/c1-11-20-21-18-4-3-15(23-25(11)18)17-10-16(22-24(17)2)14-9-13(14)12-5-7-19-8-6-12/h3-8,10,13-14H,9H2,1-2H3. The van der Waals surface area contributed by atoms with Gasteiger partial charge in [0, 0.05) is 25.4 Å². The highest BCUT2D eigenvalue weighted by Crippen LogP contribution is 2.54. The minimum Gasteiger partial charge on any atom is -0.266 e. The zero-order valence-electron chi connectivity index (χ0n) is 14.0. The molecule has 25 heavy (non-hydrogen) atoms. The number of aromatic nitrogens is 7. The number of hydrogen-bond donors (Lipinski definition) is 0. The Bertz CT molecular complexity index is 1060. The molecule has 2 atom stereocenters. The van der Waals surface area contributed by atoms with E-state index in [4.69, 9.17) is 5.10 Å². The van der Waals surface area contributed by atoms with Gasteiger partial charge in [0.25, 0.3) is 0 Å². The smallest absolute Gasteiger partial charge is 0.177 e. The van der Waals surface area contributed by atoms with E-state index in [1.807, 2.05) is 43.2 Å². The lowest BCUT2D eigenvalue weighted by Crippen LogP contribution is -2.00. The monoisotopic (exact) mass is 331 g/mol. The fraction of sp³-hybridized carbons (Fsp3) is 0.278. The predicted molar refractivity (Wildman–Crippen MR) is 92.1 cm³/mol. The van der Waals surface area contributed by atoms with Crippen LogP contribution in [0.25, 0.3) is 17.0 Å². The number of rotatable bonds is 3. The predicted octanol–water partition coefficient (Wildman–Crippen LogP) is 2.50. The first-order valence-corrected chi connectivity index (χ1v) is 8.34. The van der Waals surface area contributed by atoms with Crippen LogP contribution in [0.15, 0.2) is 42.7 Å². The van der Waals surface area contributed by atoms with Crippen molar-refractivity contribution in [3.63, 3.8) is 0 Å². The summed E-state index contributed by atoms with van der Waals surface area (Å²) in [4.78, 5) is 4.10. The molecule has 5 rings (SSSR count). The van der Waals surface area contributed by atoms with Gasteiger partial charge in [-0.2, -0.15) is 14.7 Å². The van der Waals surface area contributed by atoms with Crippen LogP contribution in [0.4, 0.5) is 0 Å². The molecule has 124 valence electrons. The maximum absolute atomic E-state index is 4.74. The summed E-state index contributed by atoms with van der Waals surface area (Å²) in [7, 11) is 1.97. The van der Waals surface area contributed by atoms with Gasteiger partial charge < -0.3 is 0 Å². The summed E-state index contributed by atoms with van der Waals surface area (Å²) in [6, 6.07) is 10.3. The molecule has 1 aliphatic rings. The highest BCUT2D eigenvalue weighted by atomic mass is 15.4. The third kappa shape index (κ3) is 2.31. The van der Waals surface area contributed by atoms with Gasteiger partial charge in [-0.15, -0.1) is 10.2 Å². The van der Waals surface area contributed by atoms with Gasteiger partial charge in [0.2, 0.25) is 0 Å². The number of pyridine rings is 1. The summed E-state index contributed by atoms with van der Waals surface area (Å²) in [6.45, 7) is 1.90. The van der Waals surface area contributed by atoms with Crippen LogP contribution in [0.5, 0.6) is 0 Å². The minimum atomic E-state index is 0.475. The van der Waals surface area contributed by atoms with E-state index in [1.54, 1.807) is 4.52 Å². The summed E-state index contributed by atoms with van der Waals surface area (Å²) < 4.78 is 3.67. The first-order valence-electron chi connectivity index (χ1n) is 8.34. The molecule has 0 spiro atoms. The molecule has 7 heteroatoms. The van der Waals surface area contributed by atoms with Gasteiger partial charge >= 0.3 is 0 Å². The molecular formula is C18H17N7. The SMILES string of the molecule is Cc1nnc2ccc(-c3cc(C4CC4c4ccncc4)nn3C)nn12. The Kier molecular flexibility index (Phi) is 2.97. The van der Waals surface area contributed by atoms with Gasteiger partial charge in [-0.3, -0.25) is 9.67 Å². The van der Waals surface area contributed by atoms with E-state index >= 15 is 0 Å². The van der Waals surface area contributed by atoms with Gasteiger partial charge in [0.15, 0.2) is 11.5 Å². The Morgan fingerprint density at radius 2 is 1.84 bits per heavy atom. The van der Waals surface area contributed by atoms with Crippen molar-refractivity contribution in [3.05, 3.63) is 59.8 Å². The topological polar surface area (TPSA) is 73.8 Å². The summed E-state index contributed by atoms with van der Waals surface area (Å²) in [5.74, 6) is 1.79. The Labute approximate surface area is 144 Å². The molecule has 4 aromatic heterocycles. The van der Waals surface area contributed by atoms with Crippen molar-refractivity contribution in [2.24, 2.45) is 7.05 Å². The van der Waals surface area contributed by atoms with Gasteiger partial charge in [-0.25, -0.2) is 0 Å². The number of nitrogens with zero attached hydrogens (tertiary/aromatic N) is 7. The lowest BCUT2D eigenvalue weighted by molar-refractivity contribution is 0.741. The van der Waals surface area contributed by atoms with Crippen LogP contribution in [0.1, 0.15) is 35.3 Å². The Balaban J connectivity index is 1.48. The van der Waals surface area contributed by atoms with Crippen molar-refractivity contribution in [1.29, 1.82) is 0 Å². The highest BCUT2D eigenvalue weighted by Gasteiger charge is 2.41.